The van der Waals surface area contributed by atoms with Gasteiger partial charge in [0.1, 0.15) is 6.61 Å². The third kappa shape index (κ3) is 6.93. The van der Waals surface area contributed by atoms with E-state index in [4.69, 9.17) is 4.74 Å². The molecule has 108 valence electrons. The van der Waals surface area contributed by atoms with Gasteiger partial charge in [-0.2, -0.15) is 0 Å². The zero-order valence-electron chi connectivity index (χ0n) is 12.5. The predicted molar refractivity (Wildman–Crippen MR) is 83.5 cm³/mol. The Hall–Kier alpha value is -1.83. The zero-order valence-corrected chi connectivity index (χ0v) is 12.5. The molecule has 1 aromatic carbocycles. The molecule has 1 rings (SSSR count). The van der Waals surface area contributed by atoms with Gasteiger partial charge >= 0.3 is 5.97 Å². The molecular weight excluding hydrogens is 248 g/mol. The lowest BCUT2D eigenvalue weighted by Crippen LogP contribution is -2.09. The van der Waals surface area contributed by atoms with Gasteiger partial charge in [0.25, 0.3) is 0 Å². The first kappa shape index (κ1) is 16.2. The van der Waals surface area contributed by atoms with E-state index in [1.54, 1.807) is 0 Å². The molecule has 0 saturated carbocycles. The maximum absolute atomic E-state index is 11.7. The second-order valence-corrected chi connectivity index (χ2v) is 5.16. The van der Waals surface area contributed by atoms with Crippen molar-refractivity contribution in [1.29, 1.82) is 0 Å². The Kier molecular flexibility index (Phi) is 7.41. The number of ether oxygens (including phenoxy) is 1. The van der Waals surface area contributed by atoms with Gasteiger partial charge in [0.2, 0.25) is 0 Å². The smallest absolute Gasteiger partial charge is 0.310 e. The largest absolute Gasteiger partial charge is 0.461 e. The minimum atomic E-state index is -0.177. The lowest BCUT2D eigenvalue weighted by molar-refractivity contribution is -0.141. The van der Waals surface area contributed by atoms with Crippen LogP contribution in [0.15, 0.2) is 54.6 Å². The molecule has 1 unspecified atom stereocenters. The summed E-state index contributed by atoms with van der Waals surface area (Å²) < 4.78 is 5.26. The summed E-state index contributed by atoms with van der Waals surface area (Å²) in [6.07, 6.45) is 6.51. The van der Waals surface area contributed by atoms with Gasteiger partial charge in [-0.15, -0.1) is 6.58 Å². The lowest BCUT2D eigenvalue weighted by Gasteiger charge is -2.06. The highest BCUT2D eigenvalue weighted by Crippen LogP contribution is 2.09. The van der Waals surface area contributed by atoms with Crippen molar-refractivity contribution in [2.45, 2.75) is 33.1 Å². The van der Waals surface area contributed by atoms with Crippen molar-refractivity contribution in [2.75, 3.05) is 6.61 Å². The maximum atomic E-state index is 11.7. The van der Waals surface area contributed by atoms with Gasteiger partial charge in [-0.25, -0.2) is 0 Å². The fourth-order valence-electron chi connectivity index (χ4n) is 1.78. The van der Waals surface area contributed by atoms with Crippen LogP contribution in [0.1, 0.15) is 32.3 Å². The average molecular weight is 272 g/mol. The lowest BCUT2D eigenvalue weighted by atomic mass is 10.1. The van der Waals surface area contributed by atoms with Crippen LogP contribution in [0.25, 0.3) is 0 Å². The molecule has 0 fully saturated rings. The highest BCUT2D eigenvalue weighted by molar-refractivity contribution is 5.72. The third-order valence-electron chi connectivity index (χ3n) is 3.17. The van der Waals surface area contributed by atoms with E-state index in [0.717, 1.165) is 24.0 Å². The first-order chi connectivity index (χ1) is 9.61. The second-order valence-electron chi connectivity index (χ2n) is 5.16. The monoisotopic (exact) mass is 272 g/mol. The molecule has 0 saturated heterocycles. The maximum Gasteiger partial charge on any atom is 0.310 e. The van der Waals surface area contributed by atoms with Crippen molar-refractivity contribution in [1.82, 2.24) is 0 Å². The minimum absolute atomic E-state index is 0.177. The van der Waals surface area contributed by atoms with Gasteiger partial charge in [0.15, 0.2) is 0 Å². The Labute approximate surface area is 122 Å². The molecule has 0 aliphatic rings. The normalized spacial score (nSPS) is 12.8. The number of rotatable bonds is 8. The van der Waals surface area contributed by atoms with Crippen molar-refractivity contribution in [3.05, 3.63) is 60.2 Å². The van der Waals surface area contributed by atoms with Gasteiger partial charge < -0.3 is 4.74 Å². The standard InChI is InChI=1S/C18H24O2/c1-4-15(2)9-8-10-16(3)14-20-18(19)13-17-11-6-5-7-12-17/h4-7,10-12,15H,1,8-9,13-14H2,2-3H3/b16-10+. The van der Waals surface area contributed by atoms with E-state index in [2.05, 4.69) is 19.6 Å². The third-order valence-corrected chi connectivity index (χ3v) is 3.17. The molecule has 0 aromatic heterocycles. The molecule has 0 aliphatic heterocycles. The molecule has 0 heterocycles. The summed E-state index contributed by atoms with van der Waals surface area (Å²) in [5.41, 5.74) is 2.08. The highest BCUT2D eigenvalue weighted by Gasteiger charge is 2.04. The highest BCUT2D eigenvalue weighted by atomic mass is 16.5. The Balaban J connectivity index is 2.26. The molecule has 0 amide bonds. The number of benzene rings is 1. The molecule has 2 nitrogen and oxygen atoms in total. The van der Waals surface area contributed by atoms with Crippen LogP contribution in [0.2, 0.25) is 0 Å². The van der Waals surface area contributed by atoms with E-state index in [0.29, 0.717) is 18.9 Å². The fourth-order valence-corrected chi connectivity index (χ4v) is 1.78. The molecule has 0 aliphatic carbocycles. The van der Waals surface area contributed by atoms with Gasteiger partial charge in [-0.3, -0.25) is 4.79 Å². The summed E-state index contributed by atoms with van der Waals surface area (Å²) in [7, 11) is 0. The van der Waals surface area contributed by atoms with Crippen LogP contribution in [-0.2, 0) is 16.0 Å². The summed E-state index contributed by atoms with van der Waals surface area (Å²) >= 11 is 0. The number of esters is 1. The van der Waals surface area contributed by atoms with E-state index < -0.39 is 0 Å². The van der Waals surface area contributed by atoms with Crippen molar-refractivity contribution in [2.24, 2.45) is 5.92 Å². The van der Waals surface area contributed by atoms with E-state index in [-0.39, 0.29) is 5.97 Å². The van der Waals surface area contributed by atoms with Crippen molar-refractivity contribution >= 4 is 5.97 Å². The van der Waals surface area contributed by atoms with Crippen molar-refractivity contribution in [3.8, 4) is 0 Å². The molecular formula is C18H24O2. The number of carbonyl (C=O) groups excluding carboxylic acids is 1. The summed E-state index contributed by atoms with van der Waals surface area (Å²) in [5, 5.41) is 0. The average Bonchev–Trinajstić information content (AvgIpc) is 2.46. The molecule has 1 atom stereocenters. The quantitative estimate of drug-likeness (QED) is 0.520. The minimum Gasteiger partial charge on any atom is -0.461 e. The number of hydrogen-bond donors (Lipinski definition) is 0. The van der Waals surface area contributed by atoms with Crippen LogP contribution in [0, 0.1) is 5.92 Å². The predicted octanol–water partition coefficient (Wildman–Crippen LogP) is 4.32. The van der Waals surface area contributed by atoms with E-state index in [1.807, 2.05) is 43.3 Å². The number of carbonyl (C=O) groups is 1. The van der Waals surface area contributed by atoms with Crippen LogP contribution in [0.5, 0.6) is 0 Å². The summed E-state index contributed by atoms with van der Waals surface area (Å²) in [5.74, 6) is 0.350. The first-order valence-corrected chi connectivity index (χ1v) is 7.09. The van der Waals surface area contributed by atoms with Crippen LogP contribution < -0.4 is 0 Å². The van der Waals surface area contributed by atoms with Crippen LogP contribution >= 0.6 is 0 Å². The Morgan fingerprint density at radius 2 is 2.05 bits per heavy atom. The van der Waals surface area contributed by atoms with Crippen LogP contribution in [-0.4, -0.2) is 12.6 Å². The fraction of sp³-hybridized carbons (Fsp3) is 0.389. The molecule has 0 spiro atoms. The van der Waals surface area contributed by atoms with Gasteiger partial charge in [-0.05, 0) is 36.8 Å². The van der Waals surface area contributed by atoms with E-state index in [9.17, 15) is 4.79 Å². The first-order valence-electron chi connectivity index (χ1n) is 7.09. The zero-order chi connectivity index (χ0) is 14.8. The van der Waals surface area contributed by atoms with Crippen LogP contribution in [0.3, 0.4) is 0 Å². The van der Waals surface area contributed by atoms with E-state index in [1.165, 1.54) is 0 Å². The summed E-state index contributed by atoms with van der Waals surface area (Å²) in [6, 6.07) is 9.65. The molecule has 0 radical (unpaired) electrons. The Bertz CT molecular complexity index is 446. The molecule has 0 bridgehead atoms. The summed E-state index contributed by atoms with van der Waals surface area (Å²) in [4.78, 5) is 11.7. The van der Waals surface area contributed by atoms with Gasteiger partial charge in [0.05, 0.1) is 6.42 Å². The molecule has 0 N–H and O–H groups in total. The Morgan fingerprint density at radius 3 is 2.70 bits per heavy atom. The number of allylic oxidation sites excluding steroid dienone is 2. The molecule has 20 heavy (non-hydrogen) atoms. The Morgan fingerprint density at radius 1 is 1.35 bits per heavy atom. The van der Waals surface area contributed by atoms with Crippen LogP contribution in [0.4, 0.5) is 0 Å². The number of hydrogen-bond acceptors (Lipinski definition) is 2. The van der Waals surface area contributed by atoms with Gasteiger partial charge in [-0.1, -0.05) is 49.4 Å². The molecule has 1 aromatic rings. The van der Waals surface area contributed by atoms with Crippen molar-refractivity contribution < 1.29 is 9.53 Å². The SMILES string of the molecule is C=CC(C)CC/C=C(\C)COC(=O)Cc1ccccc1. The van der Waals surface area contributed by atoms with Crippen molar-refractivity contribution in [3.63, 3.8) is 0 Å². The summed E-state index contributed by atoms with van der Waals surface area (Å²) in [6.45, 7) is 8.29. The molecule has 2 heteroatoms. The van der Waals surface area contributed by atoms with Gasteiger partial charge in [0, 0.05) is 0 Å². The second kappa shape index (κ2) is 9.13. The van der Waals surface area contributed by atoms with E-state index >= 15 is 0 Å². The topological polar surface area (TPSA) is 26.3 Å².